The zero-order valence-electron chi connectivity index (χ0n) is 12.8. The van der Waals surface area contributed by atoms with Gasteiger partial charge in [0.15, 0.2) is 6.10 Å². The largest absolute Gasteiger partial charge is 0.414 e. The van der Waals surface area contributed by atoms with Crippen molar-refractivity contribution in [2.75, 3.05) is 19.6 Å². The van der Waals surface area contributed by atoms with E-state index in [-0.39, 0.29) is 30.6 Å². The van der Waals surface area contributed by atoms with E-state index in [1.165, 1.54) is 4.57 Å². The van der Waals surface area contributed by atoms with E-state index >= 15 is 0 Å². The Morgan fingerprint density at radius 1 is 1.29 bits per heavy atom. The molecule has 1 aromatic heterocycles. The van der Waals surface area contributed by atoms with Crippen LogP contribution in [0.15, 0.2) is 23.1 Å². The predicted molar refractivity (Wildman–Crippen MR) is 78.6 cm³/mol. The third-order valence-corrected chi connectivity index (χ3v) is 4.25. The second kappa shape index (κ2) is 7.31. The van der Waals surface area contributed by atoms with Gasteiger partial charge < -0.3 is 14.6 Å². The second-order valence-corrected chi connectivity index (χ2v) is 5.84. The lowest BCUT2D eigenvalue weighted by atomic mass is 9.91. The number of piperidine rings is 1. The third kappa shape index (κ3) is 4.54. The van der Waals surface area contributed by atoms with Crippen molar-refractivity contribution in [3.63, 3.8) is 0 Å². The maximum Gasteiger partial charge on any atom is 0.414 e. The van der Waals surface area contributed by atoms with Crippen molar-refractivity contribution in [1.82, 2.24) is 9.47 Å². The topological polar surface area (TPSA) is 88.6 Å². The van der Waals surface area contributed by atoms with Gasteiger partial charge in [0.05, 0.1) is 11.1 Å². The van der Waals surface area contributed by atoms with Crippen LogP contribution in [0.4, 0.5) is 18.9 Å². The lowest BCUT2D eigenvalue weighted by Gasteiger charge is -2.34. The van der Waals surface area contributed by atoms with Crippen LogP contribution in [0.25, 0.3) is 0 Å². The highest BCUT2D eigenvalue weighted by atomic mass is 19.4. The van der Waals surface area contributed by atoms with E-state index in [2.05, 4.69) is 0 Å². The molecule has 0 saturated carbocycles. The Kier molecular flexibility index (Phi) is 5.60. The van der Waals surface area contributed by atoms with Crippen molar-refractivity contribution < 1.29 is 23.2 Å². The molecule has 2 rings (SSSR count). The predicted octanol–water partition coefficient (Wildman–Crippen LogP) is 1.39. The monoisotopic (exact) mass is 349 g/mol. The molecule has 0 aliphatic carbocycles. The van der Waals surface area contributed by atoms with Gasteiger partial charge in [-0.05, 0) is 31.8 Å². The average molecular weight is 349 g/mol. The van der Waals surface area contributed by atoms with Gasteiger partial charge in [-0.25, -0.2) is 0 Å². The molecule has 0 radical (unpaired) electrons. The summed E-state index contributed by atoms with van der Waals surface area (Å²) in [7, 11) is 0. The van der Waals surface area contributed by atoms with Crippen LogP contribution in [0, 0.1) is 16.0 Å². The molecule has 1 aromatic rings. The molecule has 1 unspecified atom stereocenters. The van der Waals surface area contributed by atoms with Crippen molar-refractivity contribution in [2.24, 2.45) is 5.92 Å². The highest BCUT2D eigenvalue weighted by molar-refractivity contribution is 5.24. The van der Waals surface area contributed by atoms with Crippen LogP contribution in [-0.4, -0.2) is 51.4 Å². The summed E-state index contributed by atoms with van der Waals surface area (Å²) in [6.07, 6.45) is -5.33. The van der Waals surface area contributed by atoms with Crippen LogP contribution in [0.2, 0.25) is 0 Å². The molecular formula is C14H18F3N3O4. The van der Waals surface area contributed by atoms with Crippen LogP contribution in [-0.2, 0) is 6.54 Å². The third-order valence-electron chi connectivity index (χ3n) is 4.25. The van der Waals surface area contributed by atoms with E-state index in [4.69, 9.17) is 0 Å². The zero-order valence-corrected chi connectivity index (χ0v) is 12.8. The van der Waals surface area contributed by atoms with Crippen molar-refractivity contribution >= 4 is 5.69 Å². The first-order chi connectivity index (χ1) is 11.2. The number of aromatic nitrogens is 1. The number of hydrogen-bond acceptors (Lipinski definition) is 5. The molecule has 0 amide bonds. The Morgan fingerprint density at radius 3 is 2.46 bits per heavy atom. The van der Waals surface area contributed by atoms with Crippen LogP contribution < -0.4 is 5.56 Å². The smallest absolute Gasteiger partial charge is 0.383 e. The molecular weight excluding hydrogens is 331 g/mol. The normalized spacial score (nSPS) is 18.5. The summed E-state index contributed by atoms with van der Waals surface area (Å²) in [6.45, 7) is 1.37. The molecule has 2 heterocycles. The van der Waals surface area contributed by atoms with Crippen LogP contribution >= 0.6 is 0 Å². The van der Waals surface area contributed by atoms with Gasteiger partial charge in [0.1, 0.15) is 0 Å². The highest BCUT2D eigenvalue weighted by Gasteiger charge is 2.44. The molecule has 0 aromatic carbocycles. The fourth-order valence-corrected chi connectivity index (χ4v) is 2.81. The van der Waals surface area contributed by atoms with E-state index in [1.807, 2.05) is 4.90 Å². The lowest BCUT2D eigenvalue weighted by Crippen LogP contribution is -2.44. The molecule has 1 fully saturated rings. The first kappa shape index (κ1) is 18.4. The summed E-state index contributed by atoms with van der Waals surface area (Å²) in [5.41, 5.74) is -0.565. The van der Waals surface area contributed by atoms with Crippen LogP contribution in [0.5, 0.6) is 0 Å². The van der Waals surface area contributed by atoms with E-state index in [1.54, 1.807) is 0 Å². The number of alkyl halides is 3. The molecule has 7 nitrogen and oxygen atoms in total. The summed E-state index contributed by atoms with van der Waals surface area (Å²) in [5.74, 6) is -0.818. The molecule has 134 valence electrons. The average Bonchev–Trinajstić information content (AvgIpc) is 2.52. The fraction of sp³-hybridized carbons (Fsp3) is 0.643. The summed E-state index contributed by atoms with van der Waals surface area (Å²) in [4.78, 5) is 23.7. The number of hydrogen-bond donors (Lipinski definition) is 1. The van der Waals surface area contributed by atoms with Gasteiger partial charge >= 0.3 is 6.18 Å². The first-order valence-corrected chi connectivity index (χ1v) is 7.50. The van der Waals surface area contributed by atoms with Gasteiger partial charge in [-0.2, -0.15) is 13.2 Å². The van der Waals surface area contributed by atoms with E-state index in [0.29, 0.717) is 19.6 Å². The number of aliphatic hydroxyl groups is 1. The van der Waals surface area contributed by atoms with Crippen LogP contribution in [0.1, 0.15) is 12.8 Å². The van der Waals surface area contributed by atoms with E-state index < -0.39 is 23.1 Å². The molecule has 24 heavy (non-hydrogen) atoms. The van der Waals surface area contributed by atoms with E-state index in [9.17, 15) is 33.2 Å². The molecule has 0 spiro atoms. The maximum atomic E-state index is 12.5. The van der Waals surface area contributed by atoms with Crippen molar-refractivity contribution in [3.8, 4) is 0 Å². The Labute approximate surface area is 135 Å². The number of likely N-dealkylation sites (tertiary alicyclic amines) is 1. The summed E-state index contributed by atoms with van der Waals surface area (Å²) >= 11 is 0. The minimum atomic E-state index is -4.61. The quantitative estimate of drug-likeness (QED) is 0.641. The zero-order chi connectivity index (χ0) is 17.9. The van der Waals surface area contributed by atoms with Gasteiger partial charge in [-0.1, -0.05) is 0 Å². The first-order valence-electron chi connectivity index (χ1n) is 7.50. The van der Waals surface area contributed by atoms with E-state index in [0.717, 1.165) is 18.3 Å². The number of pyridine rings is 1. The lowest BCUT2D eigenvalue weighted by molar-refractivity contribution is -0.385. The molecule has 1 atom stereocenters. The maximum absolute atomic E-state index is 12.5. The SMILES string of the molecule is O=c1ccc([N+](=O)[O-])cn1CCN1CCC(C(O)C(F)(F)F)CC1. The van der Waals surface area contributed by atoms with Crippen LogP contribution in [0.3, 0.4) is 0 Å². The molecule has 0 bridgehead atoms. The Balaban J connectivity index is 1.88. The van der Waals surface area contributed by atoms with Gasteiger partial charge in [-0.3, -0.25) is 14.9 Å². The van der Waals surface area contributed by atoms with Crippen molar-refractivity contribution in [1.29, 1.82) is 0 Å². The number of rotatable bonds is 5. The summed E-state index contributed by atoms with van der Waals surface area (Å²) < 4.78 is 38.7. The molecule has 1 aliphatic rings. The van der Waals surface area contributed by atoms with Gasteiger partial charge in [0.2, 0.25) is 0 Å². The minimum Gasteiger partial charge on any atom is -0.383 e. The summed E-state index contributed by atoms with van der Waals surface area (Å²) in [6, 6.07) is 2.24. The fourth-order valence-electron chi connectivity index (χ4n) is 2.81. The number of nitro groups is 1. The Morgan fingerprint density at radius 2 is 1.92 bits per heavy atom. The van der Waals surface area contributed by atoms with Crippen molar-refractivity contribution in [3.05, 3.63) is 38.8 Å². The van der Waals surface area contributed by atoms with Gasteiger partial charge in [-0.15, -0.1) is 0 Å². The molecule has 1 N–H and O–H groups in total. The van der Waals surface area contributed by atoms with Gasteiger partial charge in [0.25, 0.3) is 11.2 Å². The second-order valence-electron chi connectivity index (χ2n) is 5.84. The minimum absolute atomic E-state index is 0.193. The molecule has 1 saturated heterocycles. The number of nitrogens with zero attached hydrogens (tertiary/aromatic N) is 3. The molecule has 10 heteroatoms. The highest BCUT2D eigenvalue weighted by Crippen LogP contribution is 2.31. The standard InChI is InChI=1S/C14H18F3N3O4/c15-14(16,17)13(22)10-3-5-18(6-4-10)7-8-19-9-11(20(23)24)1-2-12(19)21/h1-2,9-10,13,22H,3-8H2. The van der Waals surface area contributed by atoms with Gasteiger partial charge in [0, 0.05) is 25.2 Å². The Bertz CT molecular complexity index is 639. The number of aliphatic hydroxyl groups excluding tert-OH is 1. The molecule has 1 aliphatic heterocycles. The number of halogens is 3. The summed E-state index contributed by atoms with van der Waals surface area (Å²) in [5, 5.41) is 20.0. The van der Waals surface area contributed by atoms with Crippen molar-refractivity contribution in [2.45, 2.75) is 31.7 Å². The Hall–Kier alpha value is -1.94.